The van der Waals surface area contributed by atoms with E-state index in [4.69, 9.17) is 0 Å². The molecular weight excluding hydrogens is 374 g/mol. The number of rotatable bonds is 1. The molecule has 0 bridgehead atoms. The highest BCUT2D eigenvalue weighted by Crippen LogP contribution is 2.34. The molecule has 0 fully saturated rings. The normalized spacial score (nSPS) is 13.9. The Kier molecular flexibility index (Phi) is 4.02. The van der Waals surface area contributed by atoms with Crippen LogP contribution in [0, 0.1) is 24.9 Å². The van der Waals surface area contributed by atoms with Crippen molar-refractivity contribution in [2.75, 3.05) is 0 Å². The molecule has 0 unspecified atom stereocenters. The fourth-order valence-electron chi connectivity index (χ4n) is 3.48. The second kappa shape index (κ2) is 6.19. The van der Waals surface area contributed by atoms with Gasteiger partial charge in [0.15, 0.2) is 5.82 Å². The zero-order chi connectivity index (χ0) is 20.2. The van der Waals surface area contributed by atoms with Crippen LogP contribution in [0.15, 0.2) is 42.5 Å². The third kappa shape index (κ3) is 2.76. The van der Waals surface area contributed by atoms with Crippen molar-refractivity contribution >= 4 is 5.71 Å². The van der Waals surface area contributed by atoms with E-state index in [1.165, 1.54) is 30.3 Å². The maximum absolute atomic E-state index is 14.5. The van der Waals surface area contributed by atoms with Crippen LogP contribution in [0.4, 0.5) is 17.6 Å². The van der Waals surface area contributed by atoms with E-state index in [0.29, 0.717) is 27.6 Å². The first kappa shape index (κ1) is 18.2. The number of alkyl halides is 3. The van der Waals surface area contributed by atoms with Gasteiger partial charge in [0.2, 0.25) is 12.3 Å². The second-order valence-corrected chi connectivity index (χ2v) is 6.63. The van der Waals surface area contributed by atoms with Crippen molar-refractivity contribution in [2.45, 2.75) is 26.6 Å². The molecule has 8 heteroatoms. The number of imidazole rings is 1. The average Bonchev–Trinajstić information content (AvgIpc) is 2.83. The predicted molar refractivity (Wildman–Crippen MR) is 95.0 cm³/mol. The molecule has 28 heavy (non-hydrogen) atoms. The van der Waals surface area contributed by atoms with Gasteiger partial charge in [-0.15, -0.1) is 0 Å². The van der Waals surface area contributed by atoms with E-state index in [9.17, 15) is 22.8 Å². The van der Waals surface area contributed by atoms with Crippen molar-refractivity contribution in [2.24, 2.45) is 0 Å². The van der Waals surface area contributed by atoms with E-state index in [2.05, 4.69) is 4.98 Å². The monoisotopic (exact) mass is 389 g/mol. The van der Waals surface area contributed by atoms with Crippen molar-refractivity contribution in [3.63, 3.8) is 0 Å². The van der Waals surface area contributed by atoms with Gasteiger partial charge in [-0.05, 0) is 44.2 Å². The standard InChI is InChI=1S/C20H15F4N3O/c1-11-12(2)27-17-8-7-13(20(22,23)24)9-15(17)19(26(28)10-18(27)25-11)14-5-3-4-6-16(14)21/h3-9H,10H2,1-2H3. The van der Waals surface area contributed by atoms with E-state index < -0.39 is 17.6 Å². The Balaban J connectivity index is 2.10. The van der Waals surface area contributed by atoms with Gasteiger partial charge in [0, 0.05) is 5.69 Å². The van der Waals surface area contributed by atoms with Crippen LogP contribution < -0.4 is 0 Å². The second-order valence-electron chi connectivity index (χ2n) is 6.63. The molecule has 3 aromatic rings. The van der Waals surface area contributed by atoms with Gasteiger partial charge < -0.3 is 5.21 Å². The Morgan fingerprint density at radius 2 is 1.79 bits per heavy atom. The van der Waals surface area contributed by atoms with Gasteiger partial charge >= 0.3 is 6.18 Å². The van der Waals surface area contributed by atoms with E-state index in [1.54, 1.807) is 18.4 Å². The zero-order valence-electron chi connectivity index (χ0n) is 15.0. The van der Waals surface area contributed by atoms with E-state index in [1.807, 2.05) is 0 Å². The summed E-state index contributed by atoms with van der Waals surface area (Å²) in [6.45, 7) is 3.32. The predicted octanol–water partition coefficient (Wildman–Crippen LogP) is 4.51. The van der Waals surface area contributed by atoms with Crippen LogP contribution in [0.25, 0.3) is 5.69 Å². The maximum Gasteiger partial charge on any atom is 0.416 e. The third-order valence-electron chi connectivity index (χ3n) is 4.90. The van der Waals surface area contributed by atoms with Crippen molar-refractivity contribution in [1.29, 1.82) is 0 Å². The minimum absolute atomic E-state index is 0.00850. The molecule has 1 aromatic heterocycles. The highest BCUT2D eigenvalue weighted by Gasteiger charge is 2.35. The number of hydrogen-bond donors (Lipinski definition) is 0. The zero-order valence-corrected chi connectivity index (χ0v) is 15.0. The van der Waals surface area contributed by atoms with E-state index >= 15 is 0 Å². The summed E-state index contributed by atoms with van der Waals surface area (Å²) in [6, 6.07) is 8.69. The number of benzene rings is 2. The van der Waals surface area contributed by atoms with Crippen molar-refractivity contribution in [1.82, 2.24) is 9.55 Å². The van der Waals surface area contributed by atoms with Crippen LogP contribution >= 0.6 is 0 Å². The molecule has 2 heterocycles. The molecule has 144 valence electrons. The number of halogens is 4. The van der Waals surface area contributed by atoms with Crippen LogP contribution in [0.2, 0.25) is 0 Å². The Hall–Kier alpha value is -3.16. The summed E-state index contributed by atoms with van der Waals surface area (Å²) < 4.78 is 56.7. The molecule has 0 saturated carbocycles. The molecule has 0 saturated heterocycles. The Bertz CT molecular complexity index is 1130. The smallest absolute Gasteiger partial charge is 0.416 e. The lowest BCUT2D eigenvalue weighted by atomic mass is 9.97. The van der Waals surface area contributed by atoms with E-state index in [0.717, 1.165) is 12.1 Å². The number of hydroxylamine groups is 1. The lowest BCUT2D eigenvalue weighted by molar-refractivity contribution is -0.475. The molecule has 0 spiro atoms. The first-order valence-electron chi connectivity index (χ1n) is 8.52. The Morgan fingerprint density at radius 1 is 1.07 bits per heavy atom. The highest BCUT2D eigenvalue weighted by atomic mass is 19.4. The molecule has 1 aliphatic rings. The largest absolute Gasteiger partial charge is 0.623 e. The van der Waals surface area contributed by atoms with Crippen molar-refractivity contribution in [3.05, 3.63) is 87.4 Å². The van der Waals surface area contributed by atoms with Crippen molar-refractivity contribution < 1.29 is 22.3 Å². The molecular formula is C20H15F4N3O. The number of hydrogen-bond acceptors (Lipinski definition) is 2. The number of aryl methyl sites for hydroxylation is 1. The summed E-state index contributed by atoms with van der Waals surface area (Å²) in [4.78, 5) is 4.37. The van der Waals surface area contributed by atoms with Crippen LogP contribution in [-0.2, 0) is 12.7 Å². The summed E-state index contributed by atoms with van der Waals surface area (Å²) in [6.07, 6.45) is -4.60. The van der Waals surface area contributed by atoms with Gasteiger partial charge in [-0.1, -0.05) is 12.1 Å². The topological polar surface area (TPSA) is 43.9 Å². The number of fused-ring (bicyclic) bond motifs is 3. The summed E-state index contributed by atoms with van der Waals surface area (Å²) in [5.41, 5.74) is 0.626. The Labute approximate surface area is 158 Å². The van der Waals surface area contributed by atoms with Gasteiger partial charge in [0.05, 0.1) is 28.1 Å². The molecule has 1 aliphatic heterocycles. The van der Waals surface area contributed by atoms with Gasteiger partial charge in [0.1, 0.15) is 5.82 Å². The lowest BCUT2D eigenvalue weighted by Crippen LogP contribution is -2.20. The number of nitrogens with zero attached hydrogens (tertiary/aromatic N) is 3. The summed E-state index contributed by atoms with van der Waals surface area (Å²) in [5.74, 6) is -0.300. The fraction of sp³-hybridized carbons (Fsp3) is 0.200. The van der Waals surface area contributed by atoms with Gasteiger partial charge in [-0.3, -0.25) is 4.57 Å². The first-order chi connectivity index (χ1) is 13.2. The molecule has 4 rings (SSSR count). The SMILES string of the molecule is Cc1nc2n(c1C)-c1ccc(C(F)(F)F)cc1C(c1ccccc1F)=[N+]([O-])C2. The summed E-state index contributed by atoms with van der Waals surface area (Å²) in [7, 11) is 0. The van der Waals surface area contributed by atoms with E-state index in [-0.39, 0.29) is 23.4 Å². The molecule has 0 atom stereocenters. The molecule has 0 N–H and O–H groups in total. The number of aromatic nitrogens is 2. The first-order valence-corrected chi connectivity index (χ1v) is 8.52. The van der Waals surface area contributed by atoms with Gasteiger partial charge in [0.25, 0.3) is 0 Å². The fourth-order valence-corrected chi connectivity index (χ4v) is 3.48. The molecule has 0 aliphatic carbocycles. The van der Waals surface area contributed by atoms with Crippen LogP contribution in [0.3, 0.4) is 0 Å². The van der Waals surface area contributed by atoms with Crippen LogP contribution in [0.1, 0.15) is 33.9 Å². The lowest BCUT2D eigenvalue weighted by Gasteiger charge is -2.15. The highest BCUT2D eigenvalue weighted by molar-refractivity contribution is 6.12. The van der Waals surface area contributed by atoms with Gasteiger partial charge in [-0.2, -0.15) is 17.9 Å². The minimum atomic E-state index is -4.60. The average molecular weight is 389 g/mol. The molecule has 0 radical (unpaired) electrons. The summed E-state index contributed by atoms with van der Waals surface area (Å²) in [5, 5.41) is 13.0. The molecule has 0 amide bonds. The molecule has 2 aromatic carbocycles. The van der Waals surface area contributed by atoms with Gasteiger partial charge in [-0.25, -0.2) is 9.37 Å². The van der Waals surface area contributed by atoms with Crippen LogP contribution in [-0.4, -0.2) is 20.0 Å². The van der Waals surface area contributed by atoms with Crippen LogP contribution in [0.5, 0.6) is 0 Å². The summed E-state index contributed by atoms with van der Waals surface area (Å²) >= 11 is 0. The molecule has 4 nitrogen and oxygen atoms in total. The quantitative estimate of drug-likeness (QED) is 0.349. The minimum Gasteiger partial charge on any atom is -0.623 e. The Morgan fingerprint density at radius 3 is 2.46 bits per heavy atom. The maximum atomic E-state index is 14.5. The van der Waals surface area contributed by atoms with Crippen molar-refractivity contribution in [3.8, 4) is 5.69 Å². The third-order valence-corrected chi connectivity index (χ3v) is 4.90.